The lowest BCUT2D eigenvalue weighted by atomic mass is 9.87. The summed E-state index contributed by atoms with van der Waals surface area (Å²) >= 11 is 1.77. The monoisotopic (exact) mass is 304 g/mol. The lowest BCUT2D eigenvalue weighted by Gasteiger charge is -2.22. The van der Waals surface area contributed by atoms with Gasteiger partial charge in [-0.05, 0) is 56.7 Å². The standard InChI is InChI=1S/C17H24N2OS/c20-16(19-9-7-17(12-19)6-8-18-11-17)15-10-13-4-2-1-3-5-14(13)21-15/h10,18H,1-9,11-12H2. The number of carbonyl (C=O) groups is 1. The summed E-state index contributed by atoms with van der Waals surface area (Å²) in [5.41, 5.74) is 1.83. The number of amides is 1. The largest absolute Gasteiger partial charge is 0.337 e. The molecule has 1 unspecified atom stereocenters. The molecule has 2 saturated heterocycles. The number of hydrogen-bond acceptors (Lipinski definition) is 3. The normalized spacial score (nSPS) is 28.9. The Morgan fingerprint density at radius 1 is 1.24 bits per heavy atom. The molecular weight excluding hydrogens is 280 g/mol. The summed E-state index contributed by atoms with van der Waals surface area (Å²) in [4.78, 5) is 17.4. The number of carbonyl (C=O) groups excluding carboxylic acids is 1. The van der Waals surface area contributed by atoms with Gasteiger partial charge in [0.1, 0.15) is 0 Å². The summed E-state index contributed by atoms with van der Waals surface area (Å²) in [5, 5.41) is 3.47. The fourth-order valence-corrected chi connectivity index (χ4v) is 5.40. The summed E-state index contributed by atoms with van der Waals surface area (Å²) in [6, 6.07) is 2.20. The molecule has 1 aromatic heterocycles. The van der Waals surface area contributed by atoms with E-state index in [0.717, 1.165) is 31.1 Å². The third-order valence-corrected chi connectivity index (χ3v) is 6.74. The van der Waals surface area contributed by atoms with E-state index in [9.17, 15) is 4.79 Å². The highest BCUT2D eigenvalue weighted by molar-refractivity contribution is 7.14. The third kappa shape index (κ3) is 2.53. The molecule has 1 N–H and O–H groups in total. The lowest BCUT2D eigenvalue weighted by Crippen LogP contribution is -2.32. The van der Waals surface area contributed by atoms with E-state index < -0.39 is 0 Å². The minimum atomic E-state index is 0.289. The predicted octanol–water partition coefficient (Wildman–Crippen LogP) is 2.84. The molecule has 1 aromatic rings. The van der Waals surface area contributed by atoms with Crippen LogP contribution in [0.25, 0.3) is 0 Å². The van der Waals surface area contributed by atoms with E-state index in [1.165, 1.54) is 55.4 Å². The first kappa shape index (κ1) is 13.8. The Labute approximate surface area is 130 Å². The molecule has 4 rings (SSSR count). The van der Waals surface area contributed by atoms with Crippen LogP contribution >= 0.6 is 11.3 Å². The van der Waals surface area contributed by atoms with Crippen LogP contribution in [0.3, 0.4) is 0 Å². The first-order valence-electron chi connectivity index (χ1n) is 8.37. The summed E-state index contributed by atoms with van der Waals surface area (Å²) in [6.07, 6.45) is 8.69. The molecule has 0 bridgehead atoms. The van der Waals surface area contributed by atoms with Crippen molar-refractivity contribution in [3.8, 4) is 0 Å². The molecule has 0 radical (unpaired) electrons. The second-order valence-corrected chi connectivity index (χ2v) is 8.16. The molecule has 2 aliphatic heterocycles. The van der Waals surface area contributed by atoms with Gasteiger partial charge in [0, 0.05) is 29.9 Å². The van der Waals surface area contributed by atoms with Gasteiger partial charge in [-0.1, -0.05) is 6.42 Å². The number of thiophene rings is 1. The summed E-state index contributed by atoms with van der Waals surface area (Å²) in [7, 11) is 0. The second-order valence-electron chi connectivity index (χ2n) is 7.02. The van der Waals surface area contributed by atoms with Crippen LogP contribution in [0.1, 0.15) is 52.2 Å². The Hall–Kier alpha value is -0.870. The molecule has 0 aromatic carbocycles. The van der Waals surface area contributed by atoms with E-state index in [4.69, 9.17) is 0 Å². The lowest BCUT2D eigenvalue weighted by molar-refractivity contribution is 0.0780. The van der Waals surface area contributed by atoms with Gasteiger partial charge >= 0.3 is 0 Å². The molecule has 2 fully saturated rings. The van der Waals surface area contributed by atoms with Gasteiger partial charge in [-0.15, -0.1) is 11.3 Å². The molecule has 3 heterocycles. The van der Waals surface area contributed by atoms with Crippen molar-refractivity contribution in [3.63, 3.8) is 0 Å². The summed E-state index contributed by atoms with van der Waals surface area (Å²) in [6.45, 7) is 4.12. The smallest absolute Gasteiger partial charge is 0.263 e. The fourth-order valence-electron chi connectivity index (χ4n) is 4.18. The van der Waals surface area contributed by atoms with Crippen molar-refractivity contribution in [1.29, 1.82) is 0 Å². The molecule has 114 valence electrons. The predicted molar refractivity (Wildman–Crippen MR) is 86.0 cm³/mol. The minimum Gasteiger partial charge on any atom is -0.337 e. The van der Waals surface area contributed by atoms with Crippen LogP contribution in [0.5, 0.6) is 0 Å². The van der Waals surface area contributed by atoms with Gasteiger partial charge in [0.25, 0.3) is 5.91 Å². The maximum atomic E-state index is 12.8. The van der Waals surface area contributed by atoms with E-state index in [-0.39, 0.29) is 5.91 Å². The van der Waals surface area contributed by atoms with Crippen LogP contribution in [-0.4, -0.2) is 37.0 Å². The Morgan fingerprint density at radius 2 is 2.14 bits per heavy atom. The Kier molecular flexibility index (Phi) is 3.54. The number of likely N-dealkylation sites (tertiary alicyclic amines) is 1. The zero-order valence-corrected chi connectivity index (χ0v) is 13.4. The van der Waals surface area contributed by atoms with E-state index in [2.05, 4.69) is 16.3 Å². The van der Waals surface area contributed by atoms with E-state index in [1.807, 2.05) is 0 Å². The fraction of sp³-hybridized carbons (Fsp3) is 0.706. The van der Waals surface area contributed by atoms with Crippen molar-refractivity contribution in [2.75, 3.05) is 26.2 Å². The number of fused-ring (bicyclic) bond motifs is 1. The van der Waals surface area contributed by atoms with Crippen molar-refractivity contribution >= 4 is 17.2 Å². The maximum Gasteiger partial charge on any atom is 0.263 e. The molecule has 0 saturated carbocycles. The van der Waals surface area contributed by atoms with E-state index >= 15 is 0 Å². The van der Waals surface area contributed by atoms with Crippen LogP contribution in [0.15, 0.2) is 6.07 Å². The first-order chi connectivity index (χ1) is 10.3. The number of aryl methyl sites for hydroxylation is 2. The number of hydrogen-bond donors (Lipinski definition) is 1. The molecule has 1 aliphatic carbocycles. The zero-order chi connectivity index (χ0) is 14.3. The van der Waals surface area contributed by atoms with Gasteiger partial charge in [0.05, 0.1) is 4.88 Å². The topological polar surface area (TPSA) is 32.3 Å². The highest BCUT2D eigenvalue weighted by Crippen LogP contribution is 2.37. The highest BCUT2D eigenvalue weighted by Gasteiger charge is 2.42. The Morgan fingerprint density at radius 3 is 3.00 bits per heavy atom. The number of nitrogens with zero attached hydrogens (tertiary/aromatic N) is 1. The number of rotatable bonds is 1. The average molecular weight is 304 g/mol. The van der Waals surface area contributed by atoms with Crippen LogP contribution in [-0.2, 0) is 12.8 Å². The van der Waals surface area contributed by atoms with Crippen LogP contribution in [0.2, 0.25) is 0 Å². The van der Waals surface area contributed by atoms with Gasteiger partial charge in [-0.25, -0.2) is 0 Å². The first-order valence-corrected chi connectivity index (χ1v) is 9.19. The molecule has 1 amide bonds. The van der Waals surface area contributed by atoms with Gasteiger partial charge in [0.15, 0.2) is 0 Å². The molecule has 4 heteroatoms. The highest BCUT2D eigenvalue weighted by atomic mass is 32.1. The minimum absolute atomic E-state index is 0.289. The average Bonchev–Trinajstić information content (AvgIpc) is 3.19. The molecule has 3 nitrogen and oxygen atoms in total. The van der Waals surface area contributed by atoms with E-state index in [1.54, 1.807) is 11.3 Å². The van der Waals surface area contributed by atoms with Gasteiger partial charge in [0.2, 0.25) is 0 Å². The van der Waals surface area contributed by atoms with Gasteiger partial charge in [-0.2, -0.15) is 0 Å². The zero-order valence-electron chi connectivity index (χ0n) is 12.6. The van der Waals surface area contributed by atoms with Gasteiger partial charge < -0.3 is 10.2 Å². The quantitative estimate of drug-likeness (QED) is 0.809. The molecule has 1 spiro atoms. The molecule has 1 atom stereocenters. The van der Waals surface area contributed by atoms with Crippen molar-refractivity contribution in [1.82, 2.24) is 10.2 Å². The van der Waals surface area contributed by atoms with Crippen LogP contribution in [0.4, 0.5) is 0 Å². The van der Waals surface area contributed by atoms with E-state index in [0.29, 0.717) is 5.41 Å². The summed E-state index contributed by atoms with van der Waals surface area (Å²) in [5.74, 6) is 0.289. The van der Waals surface area contributed by atoms with Crippen LogP contribution < -0.4 is 5.32 Å². The Bertz CT molecular complexity index is 521. The molecular formula is C17H24N2OS. The van der Waals surface area contributed by atoms with Gasteiger partial charge in [-0.3, -0.25) is 4.79 Å². The van der Waals surface area contributed by atoms with Crippen molar-refractivity contribution in [2.45, 2.75) is 44.9 Å². The maximum absolute atomic E-state index is 12.8. The van der Waals surface area contributed by atoms with Crippen LogP contribution in [0, 0.1) is 5.41 Å². The van der Waals surface area contributed by atoms with Crippen molar-refractivity contribution < 1.29 is 4.79 Å². The second kappa shape index (κ2) is 5.40. The molecule has 3 aliphatic rings. The van der Waals surface area contributed by atoms with Crippen molar-refractivity contribution in [2.24, 2.45) is 5.41 Å². The third-order valence-electron chi connectivity index (χ3n) is 5.52. The Balaban J connectivity index is 1.50. The molecule has 21 heavy (non-hydrogen) atoms. The number of nitrogens with one attached hydrogen (secondary N) is 1. The summed E-state index contributed by atoms with van der Waals surface area (Å²) < 4.78 is 0. The SMILES string of the molecule is O=C(c1cc2c(s1)CCCCC2)N1CCC2(CCNC2)C1. The van der Waals surface area contributed by atoms with Crippen molar-refractivity contribution in [3.05, 3.63) is 21.4 Å².